The minimum absolute atomic E-state index is 0.0593. The van der Waals surface area contributed by atoms with Crippen LogP contribution in [0.25, 0.3) is 0 Å². The number of oxime groups is 1. The van der Waals surface area contributed by atoms with Crippen molar-refractivity contribution in [3.8, 4) is 0 Å². The molecule has 3 saturated heterocycles. The Hall–Kier alpha value is -4.29. The van der Waals surface area contributed by atoms with Crippen LogP contribution in [0.3, 0.4) is 0 Å². The maximum atomic E-state index is 13.3. The number of carbonyl (C=O) groups is 5. The summed E-state index contributed by atoms with van der Waals surface area (Å²) in [7, 11) is 1.21. The molecule has 4 heterocycles. The molecule has 0 saturated carbocycles. The van der Waals surface area contributed by atoms with E-state index in [1.54, 1.807) is 0 Å². The van der Waals surface area contributed by atoms with Gasteiger partial charge in [-0.25, -0.2) is 9.78 Å². The number of esters is 2. The molecule has 3 amide bonds. The van der Waals surface area contributed by atoms with Gasteiger partial charge in [0.25, 0.3) is 23.2 Å². The third kappa shape index (κ3) is 5.12. The van der Waals surface area contributed by atoms with E-state index < -0.39 is 57.0 Å². The molecule has 1 aromatic heterocycles. The zero-order valence-electron chi connectivity index (χ0n) is 21.3. The van der Waals surface area contributed by atoms with Crippen molar-refractivity contribution in [1.82, 2.24) is 15.2 Å². The number of β-lactam (4-membered cyclic amide) rings is 1. The van der Waals surface area contributed by atoms with Crippen molar-refractivity contribution in [2.75, 3.05) is 18.3 Å². The maximum absolute atomic E-state index is 13.3. The molecule has 0 aliphatic carbocycles. The highest BCUT2D eigenvalue weighted by molar-refractivity contribution is 8.01. The summed E-state index contributed by atoms with van der Waals surface area (Å²) >= 11 is 7.60. The van der Waals surface area contributed by atoms with Crippen LogP contribution in [0.2, 0.25) is 0 Å². The lowest BCUT2D eigenvalue weighted by Gasteiger charge is -2.46. The summed E-state index contributed by atoms with van der Waals surface area (Å²) in [5.74, 6) is -4.00. The topological polar surface area (TPSA) is 209 Å². The van der Waals surface area contributed by atoms with Crippen LogP contribution in [-0.4, -0.2) is 85.6 Å². The van der Waals surface area contributed by atoms with Crippen LogP contribution < -0.4 is 10.6 Å². The molecule has 0 radical (unpaired) electrons. The van der Waals surface area contributed by atoms with Gasteiger partial charge in [-0.3, -0.25) is 34.2 Å². The number of alkyl halides is 1. The van der Waals surface area contributed by atoms with Crippen LogP contribution in [0.4, 0.5) is 10.8 Å². The number of anilines is 1. The molecule has 3 aliphatic rings. The fourth-order valence-electron chi connectivity index (χ4n) is 4.51. The summed E-state index contributed by atoms with van der Waals surface area (Å²) in [4.78, 5) is 83.7. The minimum Gasteiger partial charge on any atom is -0.456 e. The van der Waals surface area contributed by atoms with E-state index in [1.165, 1.54) is 36.8 Å². The fraction of sp³-hybridized carbons (Fsp3) is 0.348. The SMILES string of the molecule is CO/N=C(\C(=O)N[C@@H]1C(=O)N2[C@@H]1S[C@H]1CC(=O)O[C@]12C(=O)OCc1ccc([N+](=O)[O-])cc1)c1csc(NC(=O)CCl)n1. The number of nitrogens with one attached hydrogen (secondary N) is 2. The number of fused-ring (bicyclic) bond motifs is 3. The van der Waals surface area contributed by atoms with Gasteiger partial charge < -0.3 is 24.9 Å². The number of non-ortho nitro benzene ring substituents is 1. The second kappa shape index (κ2) is 11.5. The monoisotopic (exact) mass is 638 g/mol. The van der Waals surface area contributed by atoms with Crippen LogP contribution in [0.1, 0.15) is 17.7 Å². The Kier molecular flexibility index (Phi) is 8.02. The first-order valence-corrected chi connectivity index (χ1v) is 14.3. The lowest BCUT2D eigenvalue weighted by Crippen LogP contribution is -2.75. The van der Waals surface area contributed by atoms with Gasteiger partial charge in [-0.2, -0.15) is 0 Å². The predicted molar refractivity (Wildman–Crippen MR) is 145 cm³/mol. The number of benzene rings is 1. The molecule has 0 bridgehead atoms. The average molecular weight is 639 g/mol. The van der Waals surface area contributed by atoms with Crippen LogP contribution in [0.15, 0.2) is 34.8 Å². The zero-order valence-corrected chi connectivity index (χ0v) is 23.7. The molecule has 3 aliphatic heterocycles. The zero-order chi connectivity index (χ0) is 30.2. The van der Waals surface area contributed by atoms with Crippen LogP contribution >= 0.6 is 34.7 Å². The molecule has 3 fully saturated rings. The molecule has 0 unspecified atom stereocenters. The number of halogens is 1. The van der Waals surface area contributed by atoms with Crippen molar-refractivity contribution in [2.45, 2.75) is 35.4 Å². The minimum atomic E-state index is -2.03. The van der Waals surface area contributed by atoms with Gasteiger partial charge >= 0.3 is 11.9 Å². The van der Waals surface area contributed by atoms with Gasteiger partial charge in [0, 0.05) is 17.5 Å². The number of carbonyl (C=O) groups excluding carboxylic acids is 5. The van der Waals surface area contributed by atoms with Gasteiger partial charge in [0.15, 0.2) is 10.8 Å². The lowest BCUT2D eigenvalue weighted by molar-refractivity contribution is -0.384. The number of hydrogen-bond donors (Lipinski definition) is 2. The van der Waals surface area contributed by atoms with E-state index in [0.29, 0.717) is 5.56 Å². The Bertz CT molecular complexity index is 1520. The van der Waals surface area contributed by atoms with Crippen molar-refractivity contribution >= 4 is 80.9 Å². The second-order valence-electron chi connectivity index (χ2n) is 8.89. The molecular weight excluding hydrogens is 620 g/mol. The first kappa shape index (κ1) is 29.2. The first-order valence-electron chi connectivity index (χ1n) is 11.9. The molecule has 19 heteroatoms. The maximum Gasteiger partial charge on any atom is 0.374 e. The Morgan fingerprint density at radius 2 is 2.05 bits per heavy atom. The van der Waals surface area contributed by atoms with Gasteiger partial charge in [-0.1, -0.05) is 5.16 Å². The van der Waals surface area contributed by atoms with E-state index in [2.05, 4.69) is 20.8 Å². The fourth-order valence-corrected chi connectivity index (χ4v) is 7.02. The molecular formula is C23H19ClN6O10S2. The summed E-state index contributed by atoms with van der Waals surface area (Å²) in [6.45, 7) is -0.293. The Labute approximate surface area is 248 Å². The molecule has 2 N–H and O–H groups in total. The molecule has 4 atom stereocenters. The molecule has 42 heavy (non-hydrogen) atoms. The highest BCUT2D eigenvalue weighted by atomic mass is 35.5. The number of amides is 3. The van der Waals surface area contributed by atoms with E-state index in [4.69, 9.17) is 25.9 Å². The largest absolute Gasteiger partial charge is 0.456 e. The van der Waals surface area contributed by atoms with E-state index in [-0.39, 0.29) is 41.1 Å². The van der Waals surface area contributed by atoms with Crippen molar-refractivity contribution < 1.29 is 43.2 Å². The van der Waals surface area contributed by atoms with Gasteiger partial charge in [-0.15, -0.1) is 34.7 Å². The number of aromatic nitrogens is 1. The first-order chi connectivity index (χ1) is 20.1. The van der Waals surface area contributed by atoms with E-state index >= 15 is 0 Å². The van der Waals surface area contributed by atoms with Gasteiger partial charge in [-0.05, 0) is 17.7 Å². The Morgan fingerprint density at radius 1 is 1.31 bits per heavy atom. The third-order valence-corrected chi connectivity index (χ3v) is 8.95. The lowest BCUT2D eigenvalue weighted by atomic mass is 9.98. The number of nitro benzene ring substituents is 1. The molecule has 16 nitrogen and oxygen atoms in total. The summed E-state index contributed by atoms with van der Waals surface area (Å²) in [6, 6.07) is 4.20. The normalized spacial score (nSPS) is 24.2. The number of thioether (sulfide) groups is 1. The van der Waals surface area contributed by atoms with Crippen molar-refractivity contribution in [3.63, 3.8) is 0 Å². The second-order valence-corrected chi connectivity index (χ2v) is 11.3. The third-order valence-electron chi connectivity index (χ3n) is 6.37. The standard InChI is InChI=1S/C23H19ClN6O10S2/c1-38-28-16(12-9-41-22(25-12)26-14(31)7-24)18(33)27-17-19(34)29-20(17)42-13-6-15(32)40-23(13,29)21(35)39-8-10-2-4-11(5-3-10)30(36)37/h2-5,9,13,17,20H,6-8H2,1H3,(H,27,33)(H,25,26,31)/b28-16-/t13-,17+,20+,23-/m0/s1. The van der Waals surface area contributed by atoms with E-state index in [0.717, 1.165) is 28.0 Å². The molecule has 1 aromatic carbocycles. The number of nitrogens with zero attached hydrogens (tertiary/aromatic N) is 4. The Morgan fingerprint density at radius 3 is 2.71 bits per heavy atom. The average Bonchev–Trinajstić information content (AvgIpc) is 3.63. The quantitative estimate of drug-likeness (QED) is 0.0922. The summed E-state index contributed by atoms with van der Waals surface area (Å²) in [5, 5.41) is 19.6. The molecule has 220 valence electrons. The van der Waals surface area contributed by atoms with Crippen molar-refractivity contribution in [3.05, 3.63) is 51.0 Å². The van der Waals surface area contributed by atoms with Crippen LogP contribution in [-0.2, 0) is 44.9 Å². The number of thiazole rings is 1. The van der Waals surface area contributed by atoms with Crippen molar-refractivity contribution in [2.24, 2.45) is 5.16 Å². The number of hydrogen-bond acceptors (Lipinski definition) is 14. The number of ether oxygens (including phenoxy) is 2. The predicted octanol–water partition coefficient (Wildman–Crippen LogP) is 0.734. The summed E-state index contributed by atoms with van der Waals surface area (Å²) in [5.41, 5.74) is -1.96. The van der Waals surface area contributed by atoms with E-state index in [9.17, 15) is 34.1 Å². The Balaban J connectivity index is 1.29. The molecule has 0 spiro atoms. The van der Waals surface area contributed by atoms with Crippen LogP contribution in [0, 0.1) is 10.1 Å². The van der Waals surface area contributed by atoms with Crippen LogP contribution in [0.5, 0.6) is 0 Å². The summed E-state index contributed by atoms with van der Waals surface area (Å²) < 4.78 is 10.8. The highest BCUT2D eigenvalue weighted by Gasteiger charge is 2.75. The van der Waals surface area contributed by atoms with Gasteiger partial charge in [0.2, 0.25) is 5.91 Å². The van der Waals surface area contributed by atoms with Gasteiger partial charge in [0.05, 0.1) is 16.6 Å². The smallest absolute Gasteiger partial charge is 0.374 e. The number of nitro groups is 1. The van der Waals surface area contributed by atoms with Gasteiger partial charge in [0.1, 0.15) is 36.7 Å². The number of rotatable bonds is 10. The summed E-state index contributed by atoms with van der Waals surface area (Å²) in [6.07, 6.45) is -0.176. The molecule has 2 aromatic rings. The van der Waals surface area contributed by atoms with Crippen molar-refractivity contribution in [1.29, 1.82) is 0 Å². The van der Waals surface area contributed by atoms with E-state index in [1.807, 2.05) is 0 Å². The highest BCUT2D eigenvalue weighted by Crippen LogP contribution is 2.55. The molecule has 5 rings (SSSR count).